The molecule has 0 aliphatic rings. The second kappa shape index (κ2) is 7.53. The fourth-order valence-electron chi connectivity index (χ4n) is 2.39. The van der Waals surface area contributed by atoms with Gasteiger partial charge in [-0.3, -0.25) is 0 Å². The van der Waals surface area contributed by atoms with E-state index in [-0.39, 0.29) is 5.84 Å². The fourth-order valence-corrected chi connectivity index (χ4v) is 2.39. The van der Waals surface area contributed by atoms with Crippen LogP contribution in [0.2, 0.25) is 0 Å². The quantitative estimate of drug-likeness (QED) is 0.267. The first-order chi connectivity index (χ1) is 10.3. The molecule has 0 unspecified atom stereocenters. The molecule has 3 N–H and O–H groups in total. The summed E-state index contributed by atoms with van der Waals surface area (Å²) >= 11 is 0. The summed E-state index contributed by atoms with van der Waals surface area (Å²) in [4.78, 5) is 0. The van der Waals surface area contributed by atoms with Gasteiger partial charge in [0, 0.05) is 10.9 Å². The van der Waals surface area contributed by atoms with Crippen molar-refractivity contribution in [2.75, 3.05) is 6.61 Å². The highest BCUT2D eigenvalue weighted by Gasteiger charge is 2.09. The zero-order valence-electron chi connectivity index (χ0n) is 12.4. The minimum Gasteiger partial charge on any atom is -0.493 e. The molecule has 2 rings (SSSR count). The van der Waals surface area contributed by atoms with Crippen molar-refractivity contribution in [3.63, 3.8) is 0 Å². The van der Waals surface area contributed by atoms with Crippen LogP contribution in [0.5, 0.6) is 5.75 Å². The zero-order valence-corrected chi connectivity index (χ0v) is 12.4. The molecule has 4 nitrogen and oxygen atoms in total. The van der Waals surface area contributed by atoms with Crippen LogP contribution in [0.25, 0.3) is 10.8 Å². The lowest BCUT2D eigenvalue weighted by Gasteiger charge is -2.12. The first-order valence-electron chi connectivity index (χ1n) is 7.40. The van der Waals surface area contributed by atoms with Crippen molar-refractivity contribution in [1.29, 1.82) is 0 Å². The number of unbranched alkanes of at least 4 members (excludes halogenated alkanes) is 3. The molecule has 21 heavy (non-hydrogen) atoms. The van der Waals surface area contributed by atoms with Crippen molar-refractivity contribution in [2.24, 2.45) is 10.9 Å². The van der Waals surface area contributed by atoms with E-state index in [4.69, 9.17) is 15.7 Å². The average molecular weight is 286 g/mol. The summed E-state index contributed by atoms with van der Waals surface area (Å²) in [6.07, 6.45) is 4.71. The number of fused-ring (bicyclic) bond motifs is 1. The molecule has 0 aliphatic carbocycles. The number of ether oxygens (including phenoxy) is 1. The molecule has 0 fully saturated rings. The molecule has 2 aromatic rings. The van der Waals surface area contributed by atoms with Gasteiger partial charge in [-0.15, -0.1) is 0 Å². The number of oxime groups is 1. The molecule has 0 radical (unpaired) electrons. The Hall–Kier alpha value is -2.23. The van der Waals surface area contributed by atoms with Crippen LogP contribution in [-0.4, -0.2) is 17.6 Å². The molecule has 112 valence electrons. The SMILES string of the molecule is CCCCCCOc1ccc(/C(N)=N/O)c2ccccc12. The third-order valence-corrected chi connectivity index (χ3v) is 3.52. The first-order valence-corrected chi connectivity index (χ1v) is 7.40. The number of amidine groups is 1. The molecule has 0 saturated heterocycles. The summed E-state index contributed by atoms with van der Waals surface area (Å²) in [5.41, 5.74) is 6.44. The number of nitrogens with two attached hydrogens (primary N) is 1. The predicted octanol–water partition coefficient (Wildman–Crippen LogP) is 3.89. The lowest BCUT2D eigenvalue weighted by atomic mass is 10.0. The number of nitrogens with zero attached hydrogens (tertiary/aromatic N) is 1. The minimum atomic E-state index is 0.112. The van der Waals surface area contributed by atoms with Crippen molar-refractivity contribution < 1.29 is 9.94 Å². The molecule has 0 amide bonds. The smallest absolute Gasteiger partial charge is 0.170 e. The Labute approximate surface area is 125 Å². The molecule has 0 heterocycles. The Balaban J connectivity index is 2.22. The number of benzene rings is 2. The average Bonchev–Trinajstić information content (AvgIpc) is 2.54. The molecule has 0 aliphatic heterocycles. The highest BCUT2D eigenvalue weighted by molar-refractivity contribution is 6.10. The van der Waals surface area contributed by atoms with Gasteiger partial charge < -0.3 is 15.7 Å². The Morgan fingerprint density at radius 1 is 1.10 bits per heavy atom. The van der Waals surface area contributed by atoms with E-state index in [0.717, 1.165) is 22.9 Å². The summed E-state index contributed by atoms with van der Waals surface area (Å²) in [5, 5.41) is 13.9. The second-order valence-corrected chi connectivity index (χ2v) is 5.05. The van der Waals surface area contributed by atoms with Crippen molar-refractivity contribution in [2.45, 2.75) is 32.6 Å². The summed E-state index contributed by atoms with van der Waals surface area (Å²) in [6, 6.07) is 11.6. The van der Waals surface area contributed by atoms with Gasteiger partial charge in [0.05, 0.1) is 6.61 Å². The van der Waals surface area contributed by atoms with E-state index in [1.807, 2.05) is 36.4 Å². The van der Waals surface area contributed by atoms with Crippen LogP contribution in [0.4, 0.5) is 0 Å². The third kappa shape index (κ3) is 3.66. The molecule has 0 spiro atoms. The maximum Gasteiger partial charge on any atom is 0.170 e. The van der Waals surface area contributed by atoms with E-state index in [1.165, 1.54) is 19.3 Å². The van der Waals surface area contributed by atoms with Crippen LogP contribution in [0.3, 0.4) is 0 Å². The van der Waals surface area contributed by atoms with E-state index in [0.29, 0.717) is 12.2 Å². The maximum absolute atomic E-state index is 8.87. The van der Waals surface area contributed by atoms with E-state index in [9.17, 15) is 0 Å². The van der Waals surface area contributed by atoms with E-state index in [2.05, 4.69) is 12.1 Å². The monoisotopic (exact) mass is 286 g/mol. The Morgan fingerprint density at radius 2 is 1.86 bits per heavy atom. The van der Waals surface area contributed by atoms with Crippen molar-refractivity contribution in [3.05, 3.63) is 42.0 Å². The van der Waals surface area contributed by atoms with Crippen LogP contribution >= 0.6 is 0 Å². The predicted molar refractivity (Wildman–Crippen MR) is 86.1 cm³/mol. The van der Waals surface area contributed by atoms with Crippen LogP contribution < -0.4 is 10.5 Å². The van der Waals surface area contributed by atoms with Gasteiger partial charge in [0.25, 0.3) is 0 Å². The number of hydrogen-bond donors (Lipinski definition) is 2. The molecule has 0 saturated carbocycles. The normalized spacial score (nSPS) is 11.8. The van der Waals surface area contributed by atoms with Gasteiger partial charge in [-0.05, 0) is 23.9 Å². The zero-order chi connectivity index (χ0) is 15.1. The summed E-state index contributed by atoms with van der Waals surface area (Å²) in [7, 11) is 0. The van der Waals surface area contributed by atoms with Crippen molar-refractivity contribution in [1.82, 2.24) is 0 Å². The third-order valence-electron chi connectivity index (χ3n) is 3.52. The van der Waals surface area contributed by atoms with Crippen LogP contribution in [0, 0.1) is 0 Å². The molecular formula is C17H22N2O2. The van der Waals surface area contributed by atoms with Crippen molar-refractivity contribution >= 4 is 16.6 Å². The Kier molecular flexibility index (Phi) is 5.43. The highest BCUT2D eigenvalue weighted by Crippen LogP contribution is 2.28. The molecule has 2 aromatic carbocycles. The highest BCUT2D eigenvalue weighted by atomic mass is 16.5. The van der Waals surface area contributed by atoms with Gasteiger partial charge in [0.2, 0.25) is 0 Å². The van der Waals surface area contributed by atoms with Crippen LogP contribution in [0.15, 0.2) is 41.6 Å². The largest absolute Gasteiger partial charge is 0.493 e. The molecule has 4 heteroatoms. The van der Waals surface area contributed by atoms with Gasteiger partial charge in [-0.1, -0.05) is 55.6 Å². The number of rotatable bonds is 7. The minimum absolute atomic E-state index is 0.112. The Bertz CT molecular complexity index is 623. The van der Waals surface area contributed by atoms with Crippen molar-refractivity contribution in [3.8, 4) is 5.75 Å². The summed E-state index contributed by atoms with van der Waals surface area (Å²) in [5.74, 6) is 0.956. The maximum atomic E-state index is 8.87. The standard InChI is InChI=1S/C17H22N2O2/c1-2-3-4-7-12-21-16-11-10-15(17(18)19-20)13-8-5-6-9-14(13)16/h5-6,8-11,20H,2-4,7,12H2,1H3,(H2,18,19). The van der Waals surface area contributed by atoms with Gasteiger partial charge in [0.15, 0.2) is 5.84 Å². The molecular weight excluding hydrogens is 264 g/mol. The number of hydrogen-bond acceptors (Lipinski definition) is 3. The van der Waals surface area contributed by atoms with E-state index < -0.39 is 0 Å². The topological polar surface area (TPSA) is 67.8 Å². The summed E-state index contributed by atoms with van der Waals surface area (Å²) < 4.78 is 5.89. The van der Waals surface area contributed by atoms with Crippen LogP contribution in [0.1, 0.15) is 38.2 Å². The van der Waals surface area contributed by atoms with E-state index in [1.54, 1.807) is 0 Å². The lowest BCUT2D eigenvalue weighted by Crippen LogP contribution is -2.13. The van der Waals surface area contributed by atoms with Gasteiger partial charge in [-0.25, -0.2) is 0 Å². The van der Waals surface area contributed by atoms with Crippen LogP contribution in [-0.2, 0) is 0 Å². The first kappa shape index (κ1) is 15.2. The Morgan fingerprint density at radius 3 is 2.57 bits per heavy atom. The molecule has 0 atom stereocenters. The lowest BCUT2D eigenvalue weighted by molar-refractivity contribution is 0.308. The summed E-state index contributed by atoms with van der Waals surface area (Å²) in [6.45, 7) is 2.91. The van der Waals surface area contributed by atoms with Gasteiger partial charge in [-0.2, -0.15) is 0 Å². The molecule has 0 bridgehead atoms. The second-order valence-electron chi connectivity index (χ2n) is 5.05. The molecule has 0 aromatic heterocycles. The van der Waals surface area contributed by atoms with Gasteiger partial charge >= 0.3 is 0 Å². The van der Waals surface area contributed by atoms with E-state index >= 15 is 0 Å². The van der Waals surface area contributed by atoms with Gasteiger partial charge in [0.1, 0.15) is 5.75 Å². The fraction of sp³-hybridized carbons (Fsp3) is 0.353.